The third kappa shape index (κ3) is 2.84. The SMILES string of the molecule is Cc1ccc(-c2cnn3c(C4CCN(C=O)CC4)cc(=O)[nH]c23)cc1. The summed E-state index contributed by atoms with van der Waals surface area (Å²) in [5, 5.41) is 4.54. The number of nitrogens with one attached hydrogen (secondary N) is 1. The first-order chi connectivity index (χ1) is 12.2. The van der Waals surface area contributed by atoms with E-state index in [1.165, 1.54) is 5.56 Å². The van der Waals surface area contributed by atoms with Gasteiger partial charge < -0.3 is 9.88 Å². The summed E-state index contributed by atoms with van der Waals surface area (Å²) in [5.74, 6) is 0.228. The summed E-state index contributed by atoms with van der Waals surface area (Å²) in [6.45, 7) is 3.48. The highest BCUT2D eigenvalue weighted by Crippen LogP contribution is 2.29. The predicted molar refractivity (Wildman–Crippen MR) is 95.6 cm³/mol. The zero-order valence-electron chi connectivity index (χ0n) is 14.1. The van der Waals surface area contributed by atoms with E-state index in [-0.39, 0.29) is 11.5 Å². The molecule has 6 nitrogen and oxygen atoms in total. The molecule has 1 N–H and O–H groups in total. The first-order valence-electron chi connectivity index (χ1n) is 8.53. The molecule has 0 spiro atoms. The third-order valence-electron chi connectivity index (χ3n) is 4.99. The average Bonchev–Trinajstić information content (AvgIpc) is 3.05. The first kappa shape index (κ1) is 15.6. The summed E-state index contributed by atoms with van der Waals surface area (Å²) in [6.07, 6.45) is 4.39. The van der Waals surface area contributed by atoms with Crippen molar-refractivity contribution >= 4 is 12.1 Å². The van der Waals surface area contributed by atoms with Gasteiger partial charge in [-0.2, -0.15) is 5.10 Å². The van der Waals surface area contributed by atoms with Crippen LogP contribution in [-0.2, 0) is 4.79 Å². The number of aromatic amines is 1. The van der Waals surface area contributed by atoms with Gasteiger partial charge >= 0.3 is 0 Å². The zero-order valence-corrected chi connectivity index (χ0v) is 14.1. The van der Waals surface area contributed by atoms with Gasteiger partial charge in [0.15, 0.2) is 0 Å². The molecule has 4 rings (SSSR count). The van der Waals surface area contributed by atoms with Gasteiger partial charge in [0.05, 0.1) is 11.9 Å². The Morgan fingerprint density at radius 1 is 1.20 bits per heavy atom. The second kappa shape index (κ2) is 6.20. The number of carbonyl (C=O) groups is 1. The molecule has 128 valence electrons. The van der Waals surface area contributed by atoms with Gasteiger partial charge in [0, 0.05) is 30.6 Å². The lowest BCUT2D eigenvalue weighted by molar-refractivity contribution is -0.119. The van der Waals surface area contributed by atoms with Crippen molar-refractivity contribution in [3.8, 4) is 11.1 Å². The van der Waals surface area contributed by atoms with Crippen LogP contribution in [0.15, 0.2) is 41.3 Å². The van der Waals surface area contributed by atoms with E-state index in [0.29, 0.717) is 13.1 Å². The van der Waals surface area contributed by atoms with Gasteiger partial charge in [-0.05, 0) is 25.3 Å². The van der Waals surface area contributed by atoms with Crippen LogP contribution in [0.1, 0.15) is 30.0 Å². The van der Waals surface area contributed by atoms with E-state index in [1.54, 1.807) is 17.2 Å². The quantitative estimate of drug-likeness (QED) is 0.746. The molecule has 0 saturated carbocycles. The van der Waals surface area contributed by atoms with E-state index >= 15 is 0 Å². The highest BCUT2D eigenvalue weighted by molar-refractivity contribution is 5.77. The van der Waals surface area contributed by atoms with Gasteiger partial charge in [-0.15, -0.1) is 0 Å². The molecular formula is C19H20N4O2. The monoisotopic (exact) mass is 336 g/mol. The van der Waals surface area contributed by atoms with E-state index in [4.69, 9.17) is 0 Å². The fourth-order valence-corrected chi connectivity index (χ4v) is 3.55. The Balaban J connectivity index is 1.78. The third-order valence-corrected chi connectivity index (χ3v) is 4.99. The standard InChI is InChI=1S/C19H20N4O2/c1-13-2-4-14(5-3-13)16-11-20-23-17(10-18(25)21-19(16)23)15-6-8-22(12-24)9-7-15/h2-5,10-12,15H,6-9H2,1H3,(H,21,25). The maximum absolute atomic E-state index is 12.2. The van der Waals surface area contributed by atoms with Crippen molar-refractivity contribution in [2.75, 3.05) is 13.1 Å². The Kier molecular flexibility index (Phi) is 3.87. The highest BCUT2D eigenvalue weighted by Gasteiger charge is 2.23. The summed E-state index contributed by atoms with van der Waals surface area (Å²) in [4.78, 5) is 27.9. The molecule has 0 atom stereocenters. The lowest BCUT2D eigenvalue weighted by Crippen LogP contribution is -2.32. The van der Waals surface area contributed by atoms with E-state index < -0.39 is 0 Å². The van der Waals surface area contributed by atoms with Gasteiger partial charge in [0.2, 0.25) is 6.41 Å². The highest BCUT2D eigenvalue weighted by atomic mass is 16.1. The van der Waals surface area contributed by atoms with Crippen molar-refractivity contribution in [1.29, 1.82) is 0 Å². The Hall–Kier alpha value is -2.89. The van der Waals surface area contributed by atoms with Crippen LogP contribution < -0.4 is 5.56 Å². The average molecular weight is 336 g/mol. The summed E-state index contributed by atoms with van der Waals surface area (Å²) in [6, 6.07) is 9.83. The molecule has 1 aromatic carbocycles. The number of aromatic nitrogens is 3. The molecule has 1 fully saturated rings. The van der Waals surface area contributed by atoms with Crippen molar-refractivity contribution in [3.63, 3.8) is 0 Å². The topological polar surface area (TPSA) is 70.5 Å². The number of likely N-dealkylation sites (tertiary alicyclic amines) is 1. The van der Waals surface area contributed by atoms with Crippen molar-refractivity contribution in [3.05, 3.63) is 58.1 Å². The summed E-state index contributed by atoms with van der Waals surface area (Å²) in [5.41, 5.74) is 4.67. The normalized spacial score (nSPS) is 15.6. The maximum atomic E-state index is 12.2. The largest absolute Gasteiger partial charge is 0.345 e. The summed E-state index contributed by atoms with van der Waals surface area (Å²) < 4.78 is 1.85. The van der Waals surface area contributed by atoms with Gasteiger partial charge in [0.25, 0.3) is 5.56 Å². The minimum Gasteiger partial charge on any atom is -0.345 e. The molecule has 1 aliphatic heterocycles. The maximum Gasteiger partial charge on any atom is 0.251 e. The smallest absolute Gasteiger partial charge is 0.251 e. The Morgan fingerprint density at radius 2 is 1.92 bits per heavy atom. The van der Waals surface area contributed by atoms with Crippen LogP contribution in [0.4, 0.5) is 0 Å². The molecule has 2 aromatic heterocycles. The fourth-order valence-electron chi connectivity index (χ4n) is 3.55. The number of carbonyl (C=O) groups excluding carboxylic acids is 1. The number of piperidine rings is 1. The van der Waals surface area contributed by atoms with Crippen molar-refractivity contribution < 1.29 is 4.79 Å². The number of H-pyrrole nitrogens is 1. The molecule has 0 aliphatic carbocycles. The van der Waals surface area contributed by atoms with Crippen molar-refractivity contribution in [2.24, 2.45) is 0 Å². The molecule has 0 radical (unpaired) electrons. The molecule has 3 aromatic rings. The molecule has 1 aliphatic rings. The minimum absolute atomic E-state index is 0.117. The van der Waals surface area contributed by atoms with E-state index in [0.717, 1.165) is 41.7 Å². The summed E-state index contributed by atoms with van der Waals surface area (Å²) in [7, 11) is 0. The number of hydrogen-bond acceptors (Lipinski definition) is 3. The van der Waals surface area contributed by atoms with E-state index in [9.17, 15) is 9.59 Å². The molecule has 1 amide bonds. The van der Waals surface area contributed by atoms with Gasteiger partial charge in [-0.3, -0.25) is 9.59 Å². The number of amides is 1. The Labute approximate surface area is 145 Å². The van der Waals surface area contributed by atoms with Crippen LogP contribution >= 0.6 is 0 Å². The molecule has 0 unspecified atom stereocenters. The molecule has 25 heavy (non-hydrogen) atoms. The van der Waals surface area contributed by atoms with Crippen molar-refractivity contribution in [2.45, 2.75) is 25.7 Å². The second-order valence-electron chi connectivity index (χ2n) is 6.66. The number of hydrogen-bond donors (Lipinski definition) is 1. The van der Waals surface area contributed by atoms with Crippen LogP contribution in [0.25, 0.3) is 16.8 Å². The zero-order chi connectivity index (χ0) is 17.4. The number of aryl methyl sites for hydroxylation is 1. The number of nitrogens with zero attached hydrogens (tertiary/aromatic N) is 3. The van der Waals surface area contributed by atoms with Crippen LogP contribution in [0.5, 0.6) is 0 Å². The molecule has 1 saturated heterocycles. The van der Waals surface area contributed by atoms with Crippen molar-refractivity contribution in [1.82, 2.24) is 19.5 Å². The van der Waals surface area contributed by atoms with Gasteiger partial charge in [-0.1, -0.05) is 29.8 Å². The minimum atomic E-state index is -0.117. The lowest BCUT2D eigenvalue weighted by Gasteiger charge is -2.29. The predicted octanol–water partition coefficient (Wildman–Crippen LogP) is 2.33. The van der Waals surface area contributed by atoms with Gasteiger partial charge in [0.1, 0.15) is 5.65 Å². The number of fused-ring (bicyclic) bond motifs is 1. The van der Waals surface area contributed by atoms with E-state index in [1.807, 2.05) is 23.6 Å². The van der Waals surface area contributed by atoms with Crippen LogP contribution in [0.3, 0.4) is 0 Å². The first-order valence-corrected chi connectivity index (χ1v) is 8.53. The fraction of sp³-hybridized carbons (Fsp3) is 0.316. The van der Waals surface area contributed by atoms with Crippen LogP contribution in [0, 0.1) is 6.92 Å². The molecule has 6 heteroatoms. The van der Waals surface area contributed by atoms with Gasteiger partial charge in [-0.25, -0.2) is 4.52 Å². The Morgan fingerprint density at radius 3 is 2.60 bits per heavy atom. The van der Waals surface area contributed by atoms with E-state index in [2.05, 4.69) is 22.2 Å². The Bertz CT molecular complexity index is 963. The number of rotatable bonds is 3. The molecule has 0 bridgehead atoms. The van der Waals surface area contributed by atoms with Crippen LogP contribution in [-0.4, -0.2) is 39.0 Å². The van der Waals surface area contributed by atoms with Crippen LogP contribution in [0.2, 0.25) is 0 Å². The lowest BCUT2D eigenvalue weighted by atomic mass is 9.93. The summed E-state index contributed by atoms with van der Waals surface area (Å²) >= 11 is 0. The molecular weight excluding hydrogens is 316 g/mol. The second-order valence-corrected chi connectivity index (χ2v) is 6.66. The number of benzene rings is 1. The molecule has 3 heterocycles.